The summed E-state index contributed by atoms with van der Waals surface area (Å²) in [7, 11) is 0. The Hall–Kier alpha value is -0.110. The van der Waals surface area contributed by atoms with Gasteiger partial charge in [0.15, 0.2) is 0 Å². The van der Waals surface area contributed by atoms with E-state index in [1.165, 1.54) is 0 Å². The SMILES string of the molecule is CC(C)[C@@]1(F)CCNC1. The first-order chi connectivity index (χ1) is 4.15. The van der Waals surface area contributed by atoms with Crippen molar-refractivity contribution in [3.05, 3.63) is 0 Å². The second-order valence-corrected chi connectivity index (χ2v) is 3.12. The summed E-state index contributed by atoms with van der Waals surface area (Å²) in [4.78, 5) is 0. The summed E-state index contributed by atoms with van der Waals surface area (Å²) >= 11 is 0. The van der Waals surface area contributed by atoms with E-state index in [2.05, 4.69) is 5.32 Å². The van der Waals surface area contributed by atoms with Gasteiger partial charge < -0.3 is 5.32 Å². The highest BCUT2D eigenvalue weighted by molar-refractivity contribution is 4.90. The van der Waals surface area contributed by atoms with E-state index in [1.54, 1.807) is 0 Å². The minimum atomic E-state index is -0.917. The van der Waals surface area contributed by atoms with E-state index in [0.717, 1.165) is 6.54 Å². The van der Waals surface area contributed by atoms with Crippen LogP contribution >= 0.6 is 0 Å². The Morgan fingerprint density at radius 2 is 2.22 bits per heavy atom. The lowest BCUT2D eigenvalue weighted by Crippen LogP contribution is -2.31. The largest absolute Gasteiger partial charge is 0.313 e. The van der Waals surface area contributed by atoms with Crippen LogP contribution in [0.4, 0.5) is 4.39 Å². The molecule has 9 heavy (non-hydrogen) atoms. The second-order valence-electron chi connectivity index (χ2n) is 3.12. The molecule has 1 heterocycles. The summed E-state index contributed by atoms with van der Waals surface area (Å²) in [6.45, 7) is 5.26. The first kappa shape index (κ1) is 7.00. The lowest BCUT2D eigenvalue weighted by Gasteiger charge is -2.22. The molecule has 0 spiro atoms. The Morgan fingerprint density at radius 3 is 2.44 bits per heavy atom. The number of rotatable bonds is 1. The standard InChI is InChI=1S/C7H14FN/c1-6(2)7(8)3-4-9-5-7/h6,9H,3-5H2,1-2H3/t7-/m1/s1. The van der Waals surface area contributed by atoms with Gasteiger partial charge >= 0.3 is 0 Å². The van der Waals surface area contributed by atoms with E-state index >= 15 is 0 Å². The fraction of sp³-hybridized carbons (Fsp3) is 1.00. The van der Waals surface area contributed by atoms with E-state index in [0.29, 0.717) is 13.0 Å². The topological polar surface area (TPSA) is 12.0 Å². The smallest absolute Gasteiger partial charge is 0.126 e. The summed E-state index contributed by atoms with van der Waals surface area (Å²) in [5.41, 5.74) is -0.917. The van der Waals surface area contributed by atoms with Crippen molar-refractivity contribution in [2.45, 2.75) is 25.9 Å². The quantitative estimate of drug-likeness (QED) is 0.566. The average molecular weight is 131 g/mol. The van der Waals surface area contributed by atoms with Crippen LogP contribution in [0.1, 0.15) is 20.3 Å². The van der Waals surface area contributed by atoms with Crippen molar-refractivity contribution in [1.29, 1.82) is 0 Å². The number of hydrogen-bond donors (Lipinski definition) is 1. The van der Waals surface area contributed by atoms with Gasteiger partial charge in [-0.3, -0.25) is 0 Å². The summed E-state index contributed by atoms with van der Waals surface area (Å²) in [5.74, 6) is 0.160. The van der Waals surface area contributed by atoms with Crippen molar-refractivity contribution in [2.75, 3.05) is 13.1 Å². The summed E-state index contributed by atoms with van der Waals surface area (Å²) in [6.07, 6.45) is 0.685. The van der Waals surface area contributed by atoms with Crippen LogP contribution in [0.25, 0.3) is 0 Å². The molecule has 1 aliphatic rings. The normalized spacial score (nSPS) is 36.0. The Balaban J connectivity index is 2.51. The number of alkyl halides is 1. The van der Waals surface area contributed by atoms with Crippen LogP contribution in [0, 0.1) is 5.92 Å². The Morgan fingerprint density at radius 1 is 1.56 bits per heavy atom. The molecule has 54 valence electrons. The predicted octanol–water partition coefficient (Wildman–Crippen LogP) is 1.34. The molecule has 0 aromatic heterocycles. The molecule has 1 saturated heterocycles. The zero-order valence-corrected chi connectivity index (χ0v) is 6.08. The number of halogens is 1. The molecule has 1 aliphatic heterocycles. The molecular weight excluding hydrogens is 117 g/mol. The van der Waals surface area contributed by atoms with Gasteiger partial charge in [-0.25, -0.2) is 4.39 Å². The highest BCUT2D eigenvalue weighted by atomic mass is 19.1. The Bertz CT molecular complexity index is 95.1. The molecule has 1 N–H and O–H groups in total. The third kappa shape index (κ3) is 1.23. The highest BCUT2D eigenvalue weighted by Gasteiger charge is 2.36. The average Bonchev–Trinajstić information content (AvgIpc) is 2.16. The van der Waals surface area contributed by atoms with E-state index in [1.807, 2.05) is 13.8 Å². The van der Waals surface area contributed by atoms with Gasteiger partial charge in [-0.05, 0) is 18.9 Å². The van der Waals surface area contributed by atoms with Crippen molar-refractivity contribution in [2.24, 2.45) is 5.92 Å². The molecule has 0 saturated carbocycles. The Kier molecular flexibility index (Phi) is 1.75. The third-order valence-electron chi connectivity index (χ3n) is 2.17. The van der Waals surface area contributed by atoms with Gasteiger partial charge in [0.2, 0.25) is 0 Å². The number of nitrogens with one attached hydrogen (secondary N) is 1. The molecule has 0 unspecified atom stereocenters. The number of hydrogen-bond acceptors (Lipinski definition) is 1. The van der Waals surface area contributed by atoms with Gasteiger partial charge in [0.25, 0.3) is 0 Å². The minimum Gasteiger partial charge on any atom is -0.313 e. The van der Waals surface area contributed by atoms with Gasteiger partial charge in [0.05, 0.1) is 0 Å². The van der Waals surface area contributed by atoms with Crippen LogP contribution < -0.4 is 5.32 Å². The second kappa shape index (κ2) is 2.25. The molecule has 2 heteroatoms. The highest BCUT2D eigenvalue weighted by Crippen LogP contribution is 2.27. The monoisotopic (exact) mass is 131 g/mol. The molecule has 0 aromatic carbocycles. The van der Waals surface area contributed by atoms with Crippen LogP contribution in [-0.4, -0.2) is 18.8 Å². The first-order valence-electron chi connectivity index (χ1n) is 3.55. The van der Waals surface area contributed by atoms with Gasteiger partial charge in [-0.15, -0.1) is 0 Å². The van der Waals surface area contributed by atoms with Crippen molar-refractivity contribution in [3.8, 4) is 0 Å². The molecule has 0 aliphatic carbocycles. The van der Waals surface area contributed by atoms with Crippen molar-refractivity contribution >= 4 is 0 Å². The van der Waals surface area contributed by atoms with E-state index in [9.17, 15) is 4.39 Å². The molecule has 1 rings (SSSR count). The van der Waals surface area contributed by atoms with E-state index in [-0.39, 0.29) is 5.92 Å². The maximum atomic E-state index is 13.4. The van der Waals surface area contributed by atoms with Gasteiger partial charge in [-0.2, -0.15) is 0 Å². The van der Waals surface area contributed by atoms with Crippen LogP contribution in [0.3, 0.4) is 0 Å². The van der Waals surface area contributed by atoms with Gasteiger partial charge in [0.1, 0.15) is 5.67 Å². The van der Waals surface area contributed by atoms with E-state index in [4.69, 9.17) is 0 Å². The van der Waals surface area contributed by atoms with Gasteiger partial charge in [-0.1, -0.05) is 13.8 Å². The zero-order chi connectivity index (χ0) is 6.91. The van der Waals surface area contributed by atoms with Crippen LogP contribution in [0.2, 0.25) is 0 Å². The lowest BCUT2D eigenvalue weighted by atomic mass is 9.92. The molecule has 0 radical (unpaired) electrons. The van der Waals surface area contributed by atoms with Crippen molar-refractivity contribution in [1.82, 2.24) is 5.32 Å². The summed E-state index contributed by atoms with van der Waals surface area (Å²) in [6, 6.07) is 0. The van der Waals surface area contributed by atoms with Crippen molar-refractivity contribution < 1.29 is 4.39 Å². The summed E-state index contributed by atoms with van der Waals surface area (Å²) in [5, 5.41) is 3.02. The molecule has 0 bridgehead atoms. The van der Waals surface area contributed by atoms with Crippen molar-refractivity contribution in [3.63, 3.8) is 0 Å². The van der Waals surface area contributed by atoms with Crippen LogP contribution in [-0.2, 0) is 0 Å². The minimum absolute atomic E-state index is 0.160. The molecule has 1 nitrogen and oxygen atoms in total. The van der Waals surface area contributed by atoms with Crippen LogP contribution in [0.15, 0.2) is 0 Å². The fourth-order valence-electron chi connectivity index (χ4n) is 1.17. The molecule has 0 aromatic rings. The summed E-state index contributed by atoms with van der Waals surface area (Å²) < 4.78 is 13.4. The maximum Gasteiger partial charge on any atom is 0.126 e. The molecule has 1 fully saturated rings. The molecule has 0 amide bonds. The molecular formula is C7H14FN. The van der Waals surface area contributed by atoms with Gasteiger partial charge in [0, 0.05) is 6.54 Å². The predicted molar refractivity (Wildman–Crippen MR) is 36.2 cm³/mol. The maximum absolute atomic E-state index is 13.4. The zero-order valence-electron chi connectivity index (χ0n) is 6.08. The molecule has 1 atom stereocenters. The van der Waals surface area contributed by atoms with E-state index < -0.39 is 5.67 Å². The third-order valence-corrected chi connectivity index (χ3v) is 2.17. The first-order valence-corrected chi connectivity index (χ1v) is 3.55. The van der Waals surface area contributed by atoms with Crippen LogP contribution in [0.5, 0.6) is 0 Å². The lowest BCUT2D eigenvalue weighted by molar-refractivity contribution is 0.125. The fourth-order valence-corrected chi connectivity index (χ4v) is 1.17. The Labute approximate surface area is 55.6 Å².